The van der Waals surface area contributed by atoms with Crippen LogP contribution >= 0.6 is 0 Å². The van der Waals surface area contributed by atoms with E-state index in [1.54, 1.807) is 13.1 Å². The number of aryl methyl sites for hydroxylation is 2. The summed E-state index contributed by atoms with van der Waals surface area (Å²) in [5.41, 5.74) is 1.14. The number of hydrogen-bond donors (Lipinski definition) is 1. The Morgan fingerprint density at radius 2 is 1.83 bits per heavy atom. The number of anilines is 3. The Morgan fingerprint density at radius 1 is 1.08 bits per heavy atom. The summed E-state index contributed by atoms with van der Waals surface area (Å²) < 4.78 is 0. The van der Waals surface area contributed by atoms with Crippen molar-refractivity contribution in [1.82, 2.24) is 19.9 Å². The first-order valence-corrected chi connectivity index (χ1v) is 8.07. The Labute approximate surface area is 141 Å². The number of carbonyl (C=O) groups excluding carboxylic acids is 1. The Kier molecular flexibility index (Phi) is 4.59. The van der Waals surface area contributed by atoms with E-state index in [-0.39, 0.29) is 5.91 Å². The molecule has 1 fully saturated rings. The van der Waals surface area contributed by atoms with Crippen molar-refractivity contribution in [3.05, 3.63) is 35.8 Å². The summed E-state index contributed by atoms with van der Waals surface area (Å²) in [5, 5.41) is 3.24. The van der Waals surface area contributed by atoms with Crippen LogP contribution < -0.4 is 10.2 Å². The maximum Gasteiger partial charge on any atom is 0.219 e. The molecule has 1 N–H and O–H groups in total. The number of pyridine rings is 1. The summed E-state index contributed by atoms with van der Waals surface area (Å²) in [4.78, 5) is 28.8. The van der Waals surface area contributed by atoms with E-state index in [2.05, 4.69) is 25.2 Å². The van der Waals surface area contributed by atoms with Crippen LogP contribution in [0.15, 0.2) is 24.4 Å². The molecule has 3 heterocycles. The molecule has 0 saturated carbocycles. The summed E-state index contributed by atoms with van der Waals surface area (Å²) in [6.45, 7) is 8.51. The molecule has 2 aromatic rings. The van der Waals surface area contributed by atoms with Crippen LogP contribution in [0.1, 0.15) is 18.3 Å². The van der Waals surface area contributed by atoms with Gasteiger partial charge in [0.15, 0.2) is 0 Å². The van der Waals surface area contributed by atoms with Gasteiger partial charge >= 0.3 is 0 Å². The quantitative estimate of drug-likeness (QED) is 0.928. The highest BCUT2D eigenvalue weighted by Crippen LogP contribution is 2.20. The van der Waals surface area contributed by atoms with E-state index in [4.69, 9.17) is 0 Å². The topological polar surface area (TPSA) is 74.2 Å². The highest BCUT2D eigenvalue weighted by atomic mass is 16.2. The van der Waals surface area contributed by atoms with Crippen LogP contribution in [0, 0.1) is 13.8 Å². The summed E-state index contributed by atoms with van der Waals surface area (Å²) in [6.07, 6.45) is 1.77. The van der Waals surface area contributed by atoms with Crippen LogP contribution in [-0.4, -0.2) is 51.9 Å². The van der Waals surface area contributed by atoms with Gasteiger partial charge in [0.1, 0.15) is 23.3 Å². The van der Waals surface area contributed by atoms with Crippen molar-refractivity contribution in [3.63, 3.8) is 0 Å². The summed E-state index contributed by atoms with van der Waals surface area (Å²) in [5.74, 6) is 3.20. The van der Waals surface area contributed by atoms with Crippen molar-refractivity contribution in [3.8, 4) is 0 Å². The van der Waals surface area contributed by atoms with E-state index in [1.807, 2.05) is 36.9 Å². The van der Waals surface area contributed by atoms with Gasteiger partial charge in [0.2, 0.25) is 5.91 Å². The number of aromatic nitrogens is 3. The van der Waals surface area contributed by atoms with E-state index in [9.17, 15) is 4.79 Å². The first-order chi connectivity index (χ1) is 11.5. The van der Waals surface area contributed by atoms with Crippen molar-refractivity contribution in [2.24, 2.45) is 0 Å². The van der Waals surface area contributed by atoms with Gasteiger partial charge in [-0.1, -0.05) is 0 Å². The monoisotopic (exact) mass is 326 g/mol. The largest absolute Gasteiger partial charge is 0.353 e. The number of nitrogens with one attached hydrogen (secondary N) is 1. The standard InChI is InChI=1S/C17H22N6O/c1-12-4-5-18-15(10-12)21-16-11-17(20-13(2)19-16)23-8-6-22(7-9-23)14(3)24/h4-5,10-11H,6-9H2,1-3H3,(H,18,19,20,21). The summed E-state index contributed by atoms with van der Waals surface area (Å²) in [7, 11) is 0. The van der Waals surface area contributed by atoms with Gasteiger partial charge in [-0.3, -0.25) is 4.79 Å². The van der Waals surface area contributed by atoms with Gasteiger partial charge in [0.05, 0.1) is 0 Å². The minimum atomic E-state index is 0.126. The number of nitrogens with zero attached hydrogens (tertiary/aromatic N) is 5. The molecule has 2 aromatic heterocycles. The molecule has 0 atom stereocenters. The number of hydrogen-bond acceptors (Lipinski definition) is 6. The second-order valence-corrected chi connectivity index (χ2v) is 6.00. The van der Waals surface area contributed by atoms with Crippen molar-refractivity contribution < 1.29 is 4.79 Å². The lowest BCUT2D eigenvalue weighted by Gasteiger charge is -2.35. The SMILES string of the molecule is CC(=O)N1CCN(c2cc(Nc3cc(C)ccn3)nc(C)n2)CC1. The van der Waals surface area contributed by atoms with Gasteiger partial charge < -0.3 is 15.1 Å². The third kappa shape index (κ3) is 3.79. The molecule has 1 amide bonds. The van der Waals surface area contributed by atoms with E-state index < -0.39 is 0 Å². The molecule has 0 radical (unpaired) electrons. The Balaban J connectivity index is 1.76. The molecule has 7 heteroatoms. The van der Waals surface area contributed by atoms with E-state index in [0.29, 0.717) is 5.82 Å². The van der Waals surface area contributed by atoms with Gasteiger partial charge in [-0.2, -0.15) is 0 Å². The second kappa shape index (κ2) is 6.82. The maximum atomic E-state index is 11.4. The Morgan fingerprint density at radius 3 is 2.50 bits per heavy atom. The van der Waals surface area contributed by atoms with Gasteiger partial charge in [-0.25, -0.2) is 15.0 Å². The predicted octanol–water partition coefficient (Wildman–Crippen LogP) is 1.90. The van der Waals surface area contributed by atoms with Crippen LogP contribution in [0.5, 0.6) is 0 Å². The molecule has 1 saturated heterocycles. The summed E-state index contributed by atoms with van der Waals surface area (Å²) >= 11 is 0. The number of piperazine rings is 1. The van der Waals surface area contributed by atoms with Gasteiger partial charge in [0, 0.05) is 45.4 Å². The van der Waals surface area contributed by atoms with E-state index >= 15 is 0 Å². The first-order valence-electron chi connectivity index (χ1n) is 8.07. The van der Waals surface area contributed by atoms with Crippen molar-refractivity contribution in [1.29, 1.82) is 0 Å². The molecule has 1 aliphatic rings. The number of rotatable bonds is 3. The lowest BCUT2D eigenvalue weighted by Crippen LogP contribution is -2.48. The van der Waals surface area contributed by atoms with Crippen molar-refractivity contribution in [2.75, 3.05) is 36.4 Å². The fourth-order valence-electron chi connectivity index (χ4n) is 2.76. The smallest absolute Gasteiger partial charge is 0.219 e. The molecule has 0 aliphatic carbocycles. The van der Waals surface area contributed by atoms with Crippen molar-refractivity contribution >= 4 is 23.4 Å². The molecular weight excluding hydrogens is 304 g/mol. The molecule has 7 nitrogen and oxygen atoms in total. The Hall–Kier alpha value is -2.70. The lowest BCUT2D eigenvalue weighted by molar-refractivity contribution is -0.129. The molecule has 0 bridgehead atoms. The molecular formula is C17H22N6O. The zero-order valence-electron chi connectivity index (χ0n) is 14.3. The van der Waals surface area contributed by atoms with Gasteiger partial charge in [-0.05, 0) is 31.5 Å². The second-order valence-electron chi connectivity index (χ2n) is 6.00. The zero-order chi connectivity index (χ0) is 17.1. The van der Waals surface area contributed by atoms with E-state index in [0.717, 1.165) is 49.2 Å². The fourth-order valence-corrected chi connectivity index (χ4v) is 2.76. The third-order valence-corrected chi connectivity index (χ3v) is 4.04. The first kappa shape index (κ1) is 16.2. The zero-order valence-corrected chi connectivity index (χ0v) is 14.3. The molecule has 24 heavy (non-hydrogen) atoms. The van der Waals surface area contributed by atoms with Crippen LogP contribution in [0.4, 0.5) is 17.5 Å². The third-order valence-electron chi connectivity index (χ3n) is 4.04. The maximum absolute atomic E-state index is 11.4. The molecule has 1 aliphatic heterocycles. The molecule has 0 spiro atoms. The van der Waals surface area contributed by atoms with Crippen LogP contribution in [0.3, 0.4) is 0 Å². The highest BCUT2D eigenvalue weighted by molar-refractivity contribution is 5.73. The van der Waals surface area contributed by atoms with Gasteiger partial charge in [0.25, 0.3) is 0 Å². The average Bonchev–Trinajstić information content (AvgIpc) is 2.54. The number of amides is 1. The Bertz CT molecular complexity index is 740. The number of carbonyl (C=O) groups is 1. The van der Waals surface area contributed by atoms with Crippen LogP contribution in [0.2, 0.25) is 0 Å². The van der Waals surface area contributed by atoms with Gasteiger partial charge in [-0.15, -0.1) is 0 Å². The fraction of sp³-hybridized carbons (Fsp3) is 0.412. The minimum absolute atomic E-state index is 0.126. The molecule has 3 rings (SSSR count). The normalized spacial score (nSPS) is 14.6. The molecule has 0 aromatic carbocycles. The lowest BCUT2D eigenvalue weighted by atomic mass is 10.3. The van der Waals surface area contributed by atoms with E-state index in [1.165, 1.54) is 0 Å². The average molecular weight is 326 g/mol. The highest BCUT2D eigenvalue weighted by Gasteiger charge is 2.20. The van der Waals surface area contributed by atoms with Crippen LogP contribution in [0.25, 0.3) is 0 Å². The van der Waals surface area contributed by atoms with Crippen LogP contribution in [-0.2, 0) is 4.79 Å². The van der Waals surface area contributed by atoms with Crippen molar-refractivity contribution in [2.45, 2.75) is 20.8 Å². The minimum Gasteiger partial charge on any atom is -0.353 e. The molecule has 0 unspecified atom stereocenters. The summed E-state index contributed by atoms with van der Waals surface area (Å²) in [6, 6.07) is 5.86. The predicted molar refractivity (Wildman–Crippen MR) is 93.5 cm³/mol. The molecule has 126 valence electrons.